The van der Waals surface area contributed by atoms with Crippen molar-refractivity contribution in [2.24, 2.45) is 5.73 Å². The van der Waals surface area contributed by atoms with Gasteiger partial charge in [0.1, 0.15) is 11.4 Å². The number of methoxy groups -OCH3 is 1. The molecule has 1 atom stereocenters. The topological polar surface area (TPSA) is 73.6 Å². The normalized spacial score (nSPS) is 12.7. The van der Waals surface area contributed by atoms with Gasteiger partial charge in [-0.05, 0) is 64.3 Å². The molecule has 0 fully saturated rings. The lowest BCUT2D eigenvalue weighted by molar-refractivity contribution is 0.0636. The summed E-state index contributed by atoms with van der Waals surface area (Å²) in [5.74, 6) is 0.754. The number of aryl methyl sites for hydroxylation is 1. The van der Waals surface area contributed by atoms with Gasteiger partial charge >= 0.3 is 6.09 Å². The van der Waals surface area contributed by atoms with Crippen molar-refractivity contribution in [3.8, 4) is 5.75 Å². The van der Waals surface area contributed by atoms with E-state index in [-0.39, 0.29) is 6.04 Å². The van der Waals surface area contributed by atoms with Crippen LogP contribution >= 0.6 is 0 Å². The van der Waals surface area contributed by atoms with Gasteiger partial charge in [-0.25, -0.2) is 4.79 Å². The van der Waals surface area contributed by atoms with Crippen LogP contribution in [0.25, 0.3) is 0 Å². The smallest absolute Gasteiger partial charge is 0.412 e. The van der Waals surface area contributed by atoms with E-state index < -0.39 is 11.7 Å². The van der Waals surface area contributed by atoms with Crippen LogP contribution in [0.4, 0.5) is 10.5 Å². The summed E-state index contributed by atoms with van der Waals surface area (Å²) >= 11 is 0. The number of hydrogen-bond donors (Lipinski definition) is 2. The number of anilines is 1. The van der Waals surface area contributed by atoms with Gasteiger partial charge in [-0.3, -0.25) is 5.32 Å². The summed E-state index contributed by atoms with van der Waals surface area (Å²) in [6.07, 6.45) is 1.13. The first-order valence-electron chi connectivity index (χ1n) is 7.14. The number of carbonyl (C=O) groups is 1. The average Bonchev–Trinajstić information content (AvgIpc) is 2.35. The van der Waals surface area contributed by atoms with Gasteiger partial charge < -0.3 is 15.2 Å². The van der Waals surface area contributed by atoms with Gasteiger partial charge in [0.25, 0.3) is 0 Å². The summed E-state index contributed by atoms with van der Waals surface area (Å²) in [5.41, 5.74) is 6.99. The molecule has 0 aliphatic carbocycles. The Morgan fingerprint density at radius 3 is 2.57 bits per heavy atom. The molecule has 5 nitrogen and oxygen atoms in total. The first-order chi connectivity index (χ1) is 9.71. The third kappa shape index (κ3) is 6.49. The minimum absolute atomic E-state index is 0.102. The first kappa shape index (κ1) is 17.3. The molecule has 21 heavy (non-hydrogen) atoms. The van der Waals surface area contributed by atoms with E-state index in [9.17, 15) is 4.79 Å². The van der Waals surface area contributed by atoms with E-state index in [0.29, 0.717) is 0 Å². The Bertz CT molecular complexity index is 479. The van der Waals surface area contributed by atoms with Gasteiger partial charge in [-0.15, -0.1) is 0 Å². The predicted octanol–water partition coefficient (Wildman–Crippen LogP) is 3.32. The lowest BCUT2D eigenvalue weighted by Gasteiger charge is -2.21. The average molecular weight is 294 g/mol. The van der Waals surface area contributed by atoms with Gasteiger partial charge in [0.2, 0.25) is 0 Å². The number of hydrogen-bond acceptors (Lipinski definition) is 4. The molecule has 0 radical (unpaired) electrons. The number of amides is 1. The van der Waals surface area contributed by atoms with Crippen molar-refractivity contribution in [1.29, 1.82) is 0 Å². The second-order valence-electron chi connectivity index (χ2n) is 6.17. The molecule has 5 heteroatoms. The molecule has 0 unspecified atom stereocenters. The quantitative estimate of drug-likeness (QED) is 0.873. The Morgan fingerprint density at radius 2 is 2.05 bits per heavy atom. The van der Waals surface area contributed by atoms with Crippen LogP contribution in [0.1, 0.15) is 39.7 Å². The molecule has 0 aliphatic rings. The van der Waals surface area contributed by atoms with Crippen molar-refractivity contribution in [3.63, 3.8) is 0 Å². The highest BCUT2D eigenvalue weighted by atomic mass is 16.6. The highest BCUT2D eigenvalue weighted by Crippen LogP contribution is 2.24. The van der Waals surface area contributed by atoms with Crippen molar-refractivity contribution in [2.45, 2.75) is 52.2 Å². The molecule has 1 aromatic carbocycles. The summed E-state index contributed by atoms with van der Waals surface area (Å²) < 4.78 is 10.5. The van der Waals surface area contributed by atoms with Crippen molar-refractivity contribution < 1.29 is 14.3 Å². The van der Waals surface area contributed by atoms with E-state index in [2.05, 4.69) is 5.32 Å². The van der Waals surface area contributed by atoms with Crippen molar-refractivity contribution in [2.75, 3.05) is 12.4 Å². The molecule has 1 amide bonds. The Kier molecular flexibility index (Phi) is 6.03. The van der Waals surface area contributed by atoms with Gasteiger partial charge in [0.15, 0.2) is 0 Å². The van der Waals surface area contributed by atoms with E-state index >= 15 is 0 Å². The van der Waals surface area contributed by atoms with E-state index in [0.717, 1.165) is 29.8 Å². The van der Waals surface area contributed by atoms with Crippen LogP contribution in [0.2, 0.25) is 0 Å². The number of rotatable bonds is 5. The highest BCUT2D eigenvalue weighted by molar-refractivity contribution is 5.86. The molecule has 3 N–H and O–H groups in total. The fourth-order valence-corrected chi connectivity index (χ4v) is 1.82. The van der Waals surface area contributed by atoms with Crippen LogP contribution in [-0.2, 0) is 11.2 Å². The standard InChI is InChI=1S/C16H26N2O3/c1-11(17)6-7-12-10-13(20-5)8-9-14(12)18-15(19)21-16(2,3)4/h8-11H,6-7,17H2,1-5H3,(H,18,19)/t11-/m0/s1. The van der Waals surface area contributed by atoms with E-state index in [1.165, 1.54) is 0 Å². The Morgan fingerprint density at radius 1 is 1.38 bits per heavy atom. The van der Waals surface area contributed by atoms with Crippen molar-refractivity contribution >= 4 is 11.8 Å². The molecule has 118 valence electrons. The number of carbonyl (C=O) groups excluding carboxylic acids is 1. The molecule has 0 bridgehead atoms. The van der Waals surface area contributed by atoms with Crippen molar-refractivity contribution in [3.05, 3.63) is 23.8 Å². The van der Waals surface area contributed by atoms with Crippen LogP contribution < -0.4 is 15.8 Å². The maximum atomic E-state index is 11.9. The predicted molar refractivity (Wildman–Crippen MR) is 84.8 cm³/mol. The SMILES string of the molecule is COc1ccc(NC(=O)OC(C)(C)C)c(CC[C@H](C)N)c1. The molecule has 0 aromatic heterocycles. The second-order valence-corrected chi connectivity index (χ2v) is 6.17. The zero-order valence-electron chi connectivity index (χ0n) is 13.5. The zero-order valence-corrected chi connectivity index (χ0v) is 13.5. The number of ether oxygens (including phenoxy) is 2. The van der Waals surface area contributed by atoms with Crippen LogP contribution in [0.5, 0.6) is 5.75 Å². The van der Waals surface area contributed by atoms with Crippen molar-refractivity contribution in [1.82, 2.24) is 0 Å². The Hall–Kier alpha value is -1.75. The molecule has 0 saturated carbocycles. The Labute approximate surface area is 126 Å². The van der Waals surface area contributed by atoms with Gasteiger partial charge in [0.05, 0.1) is 7.11 Å². The maximum Gasteiger partial charge on any atom is 0.412 e. The largest absolute Gasteiger partial charge is 0.497 e. The summed E-state index contributed by atoms with van der Waals surface area (Å²) in [7, 11) is 1.62. The molecule has 0 heterocycles. The minimum atomic E-state index is -0.525. The molecule has 1 rings (SSSR count). The minimum Gasteiger partial charge on any atom is -0.497 e. The maximum absolute atomic E-state index is 11.9. The van der Waals surface area contributed by atoms with Gasteiger partial charge in [0, 0.05) is 11.7 Å². The zero-order chi connectivity index (χ0) is 16.0. The van der Waals surface area contributed by atoms with Crippen LogP contribution in [0.15, 0.2) is 18.2 Å². The molecular formula is C16H26N2O3. The fourth-order valence-electron chi connectivity index (χ4n) is 1.82. The molecule has 0 aliphatic heterocycles. The third-order valence-electron chi connectivity index (χ3n) is 2.82. The van der Waals surface area contributed by atoms with Gasteiger partial charge in [-0.1, -0.05) is 0 Å². The summed E-state index contributed by atoms with van der Waals surface area (Å²) in [4.78, 5) is 11.9. The van der Waals surface area contributed by atoms with Gasteiger partial charge in [-0.2, -0.15) is 0 Å². The third-order valence-corrected chi connectivity index (χ3v) is 2.82. The molecular weight excluding hydrogens is 268 g/mol. The van der Waals surface area contributed by atoms with E-state index in [4.69, 9.17) is 15.2 Å². The summed E-state index contributed by atoms with van der Waals surface area (Å²) in [6.45, 7) is 7.45. The lowest BCUT2D eigenvalue weighted by atomic mass is 10.0. The van der Waals surface area contributed by atoms with Crippen LogP contribution in [0, 0.1) is 0 Å². The molecule has 0 saturated heterocycles. The number of nitrogens with one attached hydrogen (secondary N) is 1. The summed E-state index contributed by atoms with van der Waals surface area (Å²) in [5, 5.41) is 2.78. The van der Waals surface area contributed by atoms with E-state index in [1.54, 1.807) is 7.11 Å². The number of nitrogens with two attached hydrogens (primary N) is 1. The second kappa shape index (κ2) is 7.31. The summed E-state index contributed by atoms with van der Waals surface area (Å²) in [6, 6.07) is 5.64. The molecule has 0 spiro atoms. The van der Waals surface area contributed by atoms with Crippen LogP contribution in [-0.4, -0.2) is 24.8 Å². The number of benzene rings is 1. The highest BCUT2D eigenvalue weighted by Gasteiger charge is 2.17. The monoisotopic (exact) mass is 294 g/mol. The Balaban J connectivity index is 2.86. The lowest BCUT2D eigenvalue weighted by Crippen LogP contribution is -2.27. The van der Waals surface area contributed by atoms with E-state index in [1.807, 2.05) is 45.9 Å². The molecule has 1 aromatic rings. The van der Waals surface area contributed by atoms with Crippen LogP contribution in [0.3, 0.4) is 0 Å². The first-order valence-corrected chi connectivity index (χ1v) is 7.14. The fraction of sp³-hybridized carbons (Fsp3) is 0.562.